The van der Waals surface area contributed by atoms with Gasteiger partial charge in [0.05, 0.1) is 11.5 Å². The Balaban J connectivity index is 2.42. The van der Waals surface area contributed by atoms with E-state index in [0.717, 1.165) is 0 Å². The summed E-state index contributed by atoms with van der Waals surface area (Å²) in [6.45, 7) is -2.89. The lowest BCUT2D eigenvalue weighted by Gasteiger charge is -2.13. The summed E-state index contributed by atoms with van der Waals surface area (Å²) in [6.07, 6.45) is 1.31. The van der Waals surface area contributed by atoms with Gasteiger partial charge in [0, 0.05) is 10.6 Å². The van der Waals surface area contributed by atoms with Crippen LogP contribution in [-0.4, -0.2) is 6.61 Å². The minimum Gasteiger partial charge on any atom is -0.434 e. The van der Waals surface area contributed by atoms with Crippen LogP contribution in [-0.2, 0) is 5.41 Å². The molecule has 0 heterocycles. The second-order valence-electron chi connectivity index (χ2n) is 3.71. The molecule has 2 nitrogen and oxygen atoms in total. The molecule has 1 aromatic rings. The third-order valence-corrected chi connectivity index (χ3v) is 2.87. The van der Waals surface area contributed by atoms with Gasteiger partial charge in [-0.05, 0) is 31.0 Å². The van der Waals surface area contributed by atoms with Crippen molar-refractivity contribution in [2.45, 2.75) is 24.9 Å². The lowest BCUT2D eigenvalue weighted by Crippen LogP contribution is -2.10. The molecule has 0 aliphatic heterocycles. The number of nitrogens with zero attached hydrogens (tertiary/aromatic N) is 1. The topological polar surface area (TPSA) is 33.0 Å². The fourth-order valence-corrected chi connectivity index (χ4v) is 1.81. The maximum absolute atomic E-state index is 12.2. The van der Waals surface area contributed by atoms with Gasteiger partial charge in [-0.25, -0.2) is 0 Å². The third kappa shape index (κ3) is 1.96. The van der Waals surface area contributed by atoms with Gasteiger partial charge in [0.25, 0.3) is 0 Å². The highest BCUT2D eigenvalue weighted by Gasteiger charge is 2.47. The van der Waals surface area contributed by atoms with E-state index >= 15 is 0 Å². The molecular weight excluding hydrogens is 236 g/mol. The molecule has 0 N–H and O–H groups in total. The normalized spacial score (nSPS) is 16.9. The van der Waals surface area contributed by atoms with Gasteiger partial charge in [-0.2, -0.15) is 14.0 Å². The molecule has 1 aromatic carbocycles. The second-order valence-corrected chi connectivity index (χ2v) is 4.15. The highest BCUT2D eigenvalue weighted by Crippen LogP contribution is 2.51. The molecule has 1 aliphatic rings. The Morgan fingerprint density at radius 1 is 1.44 bits per heavy atom. The summed E-state index contributed by atoms with van der Waals surface area (Å²) in [5.41, 5.74) is -0.224. The number of ether oxygens (including phenoxy) is 1. The third-order valence-electron chi connectivity index (χ3n) is 2.64. The van der Waals surface area contributed by atoms with Crippen molar-refractivity contribution in [1.82, 2.24) is 0 Å². The molecule has 0 radical (unpaired) electrons. The van der Waals surface area contributed by atoms with Crippen LogP contribution in [0.3, 0.4) is 0 Å². The van der Waals surface area contributed by atoms with Crippen molar-refractivity contribution in [1.29, 1.82) is 5.26 Å². The predicted octanol–water partition coefficient (Wildman–Crippen LogP) is 3.50. The fourth-order valence-electron chi connectivity index (χ4n) is 1.64. The van der Waals surface area contributed by atoms with Crippen molar-refractivity contribution in [2.75, 3.05) is 0 Å². The van der Waals surface area contributed by atoms with Crippen LogP contribution < -0.4 is 4.74 Å². The highest BCUT2D eigenvalue weighted by molar-refractivity contribution is 6.30. The van der Waals surface area contributed by atoms with E-state index in [0.29, 0.717) is 23.4 Å². The Bertz CT molecular complexity index is 452. The SMILES string of the molecule is N#CC1(c2cc(Cl)ccc2OC(F)F)CC1. The second kappa shape index (κ2) is 3.91. The van der Waals surface area contributed by atoms with E-state index in [2.05, 4.69) is 10.8 Å². The average Bonchev–Trinajstić information content (AvgIpc) is 3.01. The van der Waals surface area contributed by atoms with Crippen molar-refractivity contribution in [2.24, 2.45) is 0 Å². The van der Waals surface area contributed by atoms with E-state index < -0.39 is 12.0 Å². The van der Waals surface area contributed by atoms with Crippen LogP contribution in [0.4, 0.5) is 8.78 Å². The van der Waals surface area contributed by atoms with Crippen molar-refractivity contribution in [3.05, 3.63) is 28.8 Å². The van der Waals surface area contributed by atoms with Crippen LogP contribution in [0.2, 0.25) is 5.02 Å². The first-order chi connectivity index (χ1) is 7.57. The molecule has 1 saturated carbocycles. The van der Waals surface area contributed by atoms with E-state index in [4.69, 9.17) is 16.9 Å². The zero-order valence-corrected chi connectivity index (χ0v) is 8.97. The van der Waals surface area contributed by atoms with Gasteiger partial charge < -0.3 is 4.74 Å². The zero-order chi connectivity index (χ0) is 11.8. The number of halogens is 3. The number of hydrogen-bond acceptors (Lipinski definition) is 2. The Hall–Kier alpha value is -1.34. The summed E-state index contributed by atoms with van der Waals surface area (Å²) in [5, 5.41) is 9.44. The molecule has 0 spiro atoms. The standard InChI is InChI=1S/C11H8ClF2NO/c12-7-1-2-9(16-10(13)14)8(5-7)11(6-15)3-4-11/h1-2,5,10H,3-4H2. The quantitative estimate of drug-likeness (QED) is 0.814. The summed E-state index contributed by atoms with van der Waals surface area (Å²) < 4.78 is 28.7. The largest absolute Gasteiger partial charge is 0.434 e. The van der Waals surface area contributed by atoms with Crippen LogP contribution in [0.25, 0.3) is 0 Å². The van der Waals surface area contributed by atoms with Crippen molar-refractivity contribution in [3.63, 3.8) is 0 Å². The summed E-state index contributed by atoms with van der Waals surface area (Å²) >= 11 is 5.79. The van der Waals surface area contributed by atoms with Crippen LogP contribution in [0, 0.1) is 11.3 Å². The van der Waals surface area contributed by atoms with Gasteiger partial charge in [0.15, 0.2) is 0 Å². The number of hydrogen-bond donors (Lipinski definition) is 0. The van der Waals surface area contributed by atoms with Crippen molar-refractivity contribution >= 4 is 11.6 Å². The fraction of sp³-hybridized carbons (Fsp3) is 0.364. The van der Waals surface area contributed by atoms with E-state index in [1.54, 1.807) is 0 Å². The molecule has 16 heavy (non-hydrogen) atoms. The van der Waals surface area contributed by atoms with Crippen molar-refractivity contribution in [3.8, 4) is 11.8 Å². The predicted molar refractivity (Wildman–Crippen MR) is 54.6 cm³/mol. The van der Waals surface area contributed by atoms with Crippen LogP contribution in [0.5, 0.6) is 5.75 Å². The van der Waals surface area contributed by atoms with Gasteiger partial charge >= 0.3 is 6.61 Å². The van der Waals surface area contributed by atoms with Gasteiger partial charge in [-0.3, -0.25) is 0 Å². The van der Waals surface area contributed by atoms with E-state index in [9.17, 15) is 8.78 Å². The summed E-state index contributed by atoms with van der Waals surface area (Å²) in [5.74, 6) is 0.0402. The molecule has 0 bridgehead atoms. The lowest BCUT2D eigenvalue weighted by molar-refractivity contribution is -0.0505. The molecule has 0 aromatic heterocycles. The monoisotopic (exact) mass is 243 g/mol. The number of alkyl halides is 2. The van der Waals surface area contributed by atoms with Crippen molar-refractivity contribution < 1.29 is 13.5 Å². The molecule has 1 aliphatic carbocycles. The number of rotatable bonds is 3. The van der Waals surface area contributed by atoms with Crippen LogP contribution in [0.15, 0.2) is 18.2 Å². The summed E-state index contributed by atoms with van der Waals surface area (Å²) in [7, 11) is 0. The van der Waals surface area contributed by atoms with Crippen LogP contribution in [0.1, 0.15) is 18.4 Å². The molecule has 2 rings (SSSR count). The molecule has 0 amide bonds. The number of nitriles is 1. The van der Waals surface area contributed by atoms with Gasteiger partial charge in [0.1, 0.15) is 5.75 Å². The maximum atomic E-state index is 12.2. The molecule has 1 fully saturated rings. The Morgan fingerprint density at radius 2 is 2.12 bits per heavy atom. The van der Waals surface area contributed by atoms with Gasteiger partial charge in [-0.15, -0.1) is 0 Å². The molecule has 5 heteroatoms. The smallest absolute Gasteiger partial charge is 0.387 e. The molecule has 0 saturated heterocycles. The Kier molecular flexibility index (Phi) is 2.73. The molecule has 84 valence electrons. The zero-order valence-electron chi connectivity index (χ0n) is 8.21. The minimum absolute atomic E-state index is 0.0402. The van der Waals surface area contributed by atoms with Crippen LogP contribution >= 0.6 is 11.6 Å². The first-order valence-electron chi connectivity index (χ1n) is 4.73. The first kappa shape index (κ1) is 11.2. The molecular formula is C11H8ClF2NO. The molecule has 0 unspecified atom stereocenters. The van der Waals surface area contributed by atoms with Gasteiger partial charge in [0.2, 0.25) is 0 Å². The maximum Gasteiger partial charge on any atom is 0.387 e. The average molecular weight is 244 g/mol. The van der Waals surface area contributed by atoms with E-state index in [1.807, 2.05) is 0 Å². The highest BCUT2D eigenvalue weighted by atomic mass is 35.5. The minimum atomic E-state index is -2.89. The Morgan fingerprint density at radius 3 is 2.62 bits per heavy atom. The summed E-state index contributed by atoms with van der Waals surface area (Å²) in [6, 6.07) is 6.49. The van der Waals surface area contributed by atoms with E-state index in [1.165, 1.54) is 18.2 Å². The van der Waals surface area contributed by atoms with Gasteiger partial charge in [-0.1, -0.05) is 11.6 Å². The summed E-state index contributed by atoms with van der Waals surface area (Å²) in [4.78, 5) is 0. The molecule has 0 atom stereocenters. The Labute approximate surface area is 96.4 Å². The first-order valence-corrected chi connectivity index (χ1v) is 5.11. The number of benzene rings is 1. The van der Waals surface area contributed by atoms with E-state index in [-0.39, 0.29) is 5.75 Å². The lowest BCUT2D eigenvalue weighted by atomic mass is 9.97.